The Balaban J connectivity index is 2.86. The van der Waals surface area contributed by atoms with Gasteiger partial charge in [-0.15, -0.1) is 0 Å². The minimum atomic E-state index is -0.372. The Kier molecular flexibility index (Phi) is 2.17. The molecule has 0 atom stereocenters. The van der Waals surface area contributed by atoms with Crippen LogP contribution in [0.15, 0.2) is 24.4 Å². The maximum absolute atomic E-state index is 10.8. The molecule has 0 fully saturated rings. The second kappa shape index (κ2) is 3.36. The Hall–Kier alpha value is -1.88. The first-order chi connectivity index (χ1) is 7.15. The molecule has 0 bridgehead atoms. The van der Waals surface area contributed by atoms with Crippen LogP contribution >= 0.6 is 0 Å². The summed E-state index contributed by atoms with van der Waals surface area (Å²) in [5.41, 5.74) is 7.25. The number of aromatic nitrogens is 1. The molecule has 1 aromatic carbocycles. The monoisotopic (exact) mass is 205 g/mol. The molecule has 15 heavy (non-hydrogen) atoms. The molecule has 1 aromatic heterocycles. The fourth-order valence-electron chi connectivity index (χ4n) is 1.84. The number of nitro groups is 1. The third-order valence-electron chi connectivity index (χ3n) is 2.48. The second-order valence-electron chi connectivity index (χ2n) is 3.40. The first-order valence-corrected chi connectivity index (χ1v) is 4.56. The van der Waals surface area contributed by atoms with Crippen molar-refractivity contribution < 1.29 is 4.92 Å². The maximum Gasteiger partial charge on any atom is 0.293 e. The van der Waals surface area contributed by atoms with E-state index in [1.165, 1.54) is 6.07 Å². The van der Waals surface area contributed by atoms with Crippen LogP contribution in [-0.2, 0) is 13.6 Å². The summed E-state index contributed by atoms with van der Waals surface area (Å²) in [5.74, 6) is 0. The van der Waals surface area contributed by atoms with Crippen LogP contribution in [0.5, 0.6) is 0 Å². The fourth-order valence-corrected chi connectivity index (χ4v) is 1.84. The molecule has 5 heteroatoms. The summed E-state index contributed by atoms with van der Waals surface area (Å²) in [6, 6.07) is 5.03. The predicted molar refractivity (Wildman–Crippen MR) is 57.5 cm³/mol. The zero-order chi connectivity index (χ0) is 11.0. The lowest BCUT2D eigenvalue weighted by molar-refractivity contribution is -0.383. The molecular formula is C10H11N3O2. The molecule has 1 heterocycles. The molecule has 0 saturated carbocycles. The predicted octanol–water partition coefficient (Wildman–Crippen LogP) is 1.55. The number of nitro benzene ring substituents is 1. The van der Waals surface area contributed by atoms with Gasteiger partial charge in [0.05, 0.1) is 4.92 Å². The van der Waals surface area contributed by atoms with Crippen LogP contribution in [0.1, 0.15) is 5.56 Å². The lowest BCUT2D eigenvalue weighted by Gasteiger charge is -1.97. The lowest BCUT2D eigenvalue weighted by atomic mass is 10.1. The van der Waals surface area contributed by atoms with Gasteiger partial charge < -0.3 is 10.3 Å². The Labute approximate surface area is 86.3 Å². The summed E-state index contributed by atoms with van der Waals surface area (Å²) >= 11 is 0. The summed E-state index contributed by atoms with van der Waals surface area (Å²) in [6.07, 6.45) is 1.83. The zero-order valence-corrected chi connectivity index (χ0v) is 8.30. The summed E-state index contributed by atoms with van der Waals surface area (Å²) in [7, 11) is 1.79. The Bertz CT molecular complexity index is 531. The SMILES string of the molecule is Cn1cc(CN)c2cccc([N+](=O)[O-])c21. The highest BCUT2D eigenvalue weighted by Gasteiger charge is 2.16. The molecule has 0 aliphatic rings. The van der Waals surface area contributed by atoms with E-state index in [4.69, 9.17) is 5.73 Å². The van der Waals surface area contributed by atoms with Crippen molar-refractivity contribution in [2.75, 3.05) is 0 Å². The van der Waals surface area contributed by atoms with Crippen molar-refractivity contribution in [3.05, 3.63) is 40.1 Å². The largest absolute Gasteiger partial charge is 0.345 e. The minimum absolute atomic E-state index is 0.120. The molecule has 0 aliphatic carbocycles. The number of nitrogens with zero attached hydrogens (tertiary/aromatic N) is 2. The van der Waals surface area contributed by atoms with Crippen LogP contribution in [0.25, 0.3) is 10.9 Å². The maximum atomic E-state index is 10.8. The van der Waals surface area contributed by atoms with Crippen molar-refractivity contribution in [2.45, 2.75) is 6.54 Å². The Morgan fingerprint density at radius 3 is 2.87 bits per heavy atom. The lowest BCUT2D eigenvalue weighted by Crippen LogP contribution is -1.94. The highest BCUT2D eigenvalue weighted by atomic mass is 16.6. The van der Waals surface area contributed by atoms with Crippen LogP contribution < -0.4 is 5.73 Å². The molecule has 2 N–H and O–H groups in total. The quantitative estimate of drug-likeness (QED) is 0.597. The third-order valence-corrected chi connectivity index (χ3v) is 2.48. The smallest absolute Gasteiger partial charge is 0.293 e. The van der Waals surface area contributed by atoms with Gasteiger partial charge in [0.25, 0.3) is 5.69 Å². The molecule has 78 valence electrons. The van der Waals surface area contributed by atoms with Gasteiger partial charge in [-0.25, -0.2) is 0 Å². The van der Waals surface area contributed by atoms with Crippen molar-refractivity contribution in [2.24, 2.45) is 12.8 Å². The first kappa shape index (κ1) is 9.67. The normalized spacial score (nSPS) is 10.8. The molecule has 0 saturated heterocycles. The van der Waals surface area contributed by atoms with Crippen LogP contribution in [0.3, 0.4) is 0 Å². The van der Waals surface area contributed by atoms with E-state index in [1.807, 2.05) is 12.3 Å². The van der Waals surface area contributed by atoms with E-state index in [0.717, 1.165) is 10.9 Å². The standard InChI is InChI=1S/C10H11N3O2/c1-12-6-7(5-11)8-3-2-4-9(10(8)12)13(14)15/h2-4,6H,5,11H2,1H3. The van der Waals surface area contributed by atoms with E-state index in [9.17, 15) is 10.1 Å². The van der Waals surface area contributed by atoms with Crippen LogP contribution in [0.2, 0.25) is 0 Å². The van der Waals surface area contributed by atoms with Gasteiger partial charge in [-0.05, 0) is 5.56 Å². The van der Waals surface area contributed by atoms with Crippen molar-refractivity contribution in [1.82, 2.24) is 4.57 Å². The molecule has 2 aromatic rings. The van der Waals surface area contributed by atoms with Crippen molar-refractivity contribution >= 4 is 16.6 Å². The number of benzene rings is 1. The first-order valence-electron chi connectivity index (χ1n) is 4.56. The van der Waals surface area contributed by atoms with Crippen molar-refractivity contribution in [3.63, 3.8) is 0 Å². The molecule has 0 amide bonds. The third kappa shape index (κ3) is 1.37. The van der Waals surface area contributed by atoms with Gasteiger partial charge in [0.1, 0.15) is 5.52 Å². The zero-order valence-electron chi connectivity index (χ0n) is 8.30. The van der Waals surface area contributed by atoms with Gasteiger partial charge in [-0.3, -0.25) is 10.1 Å². The molecule has 0 unspecified atom stereocenters. The highest BCUT2D eigenvalue weighted by Crippen LogP contribution is 2.28. The number of aryl methyl sites for hydroxylation is 1. The summed E-state index contributed by atoms with van der Waals surface area (Å²) in [6.45, 7) is 0.387. The van der Waals surface area contributed by atoms with Gasteiger partial charge in [0.2, 0.25) is 0 Å². The van der Waals surface area contributed by atoms with Gasteiger partial charge in [-0.1, -0.05) is 12.1 Å². The Morgan fingerprint density at radius 2 is 2.27 bits per heavy atom. The summed E-state index contributed by atoms with van der Waals surface area (Å²) < 4.78 is 1.75. The van der Waals surface area contributed by atoms with E-state index in [-0.39, 0.29) is 10.6 Å². The van der Waals surface area contributed by atoms with Gasteiger partial charge >= 0.3 is 0 Å². The topological polar surface area (TPSA) is 74.1 Å². The molecule has 2 rings (SSSR count). The summed E-state index contributed by atoms with van der Waals surface area (Å²) in [4.78, 5) is 10.5. The molecule has 0 spiro atoms. The van der Waals surface area contributed by atoms with E-state index < -0.39 is 0 Å². The summed E-state index contributed by atoms with van der Waals surface area (Å²) in [5, 5.41) is 11.7. The van der Waals surface area contributed by atoms with E-state index in [2.05, 4.69) is 0 Å². The number of fused-ring (bicyclic) bond motifs is 1. The molecule has 5 nitrogen and oxygen atoms in total. The van der Waals surface area contributed by atoms with Crippen LogP contribution in [0.4, 0.5) is 5.69 Å². The average molecular weight is 205 g/mol. The van der Waals surface area contributed by atoms with Crippen molar-refractivity contribution in [3.8, 4) is 0 Å². The van der Waals surface area contributed by atoms with Crippen LogP contribution in [0, 0.1) is 10.1 Å². The highest BCUT2D eigenvalue weighted by molar-refractivity contribution is 5.91. The van der Waals surface area contributed by atoms with Gasteiger partial charge in [0, 0.05) is 31.2 Å². The van der Waals surface area contributed by atoms with Gasteiger partial charge in [-0.2, -0.15) is 0 Å². The molecule has 0 radical (unpaired) electrons. The number of hydrogen-bond acceptors (Lipinski definition) is 3. The number of nitrogens with two attached hydrogens (primary N) is 1. The number of non-ortho nitro benzene ring substituents is 1. The fraction of sp³-hybridized carbons (Fsp3) is 0.200. The Morgan fingerprint density at radius 1 is 1.53 bits per heavy atom. The number of rotatable bonds is 2. The number of para-hydroxylation sites is 1. The van der Waals surface area contributed by atoms with E-state index in [1.54, 1.807) is 17.7 Å². The van der Waals surface area contributed by atoms with E-state index in [0.29, 0.717) is 12.1 Å². The molecule has 0 aliphatic heterocycles. The molecular weight excluding hydrogens is 194 g/mol. The average Bonchev–Trinajstić information content (AvgIpc) is 2.55. The second-order valence-corrected chi connectivity index (χ2v) is 3.40. The van der Waals surface area contributed by atoms with Crippen LogP contribution in [-0.4, -0.2) is 9.49 Å². The van der Waals surface area contributed by atoms with E-state index >= 15 is 0 Å². The minimum Gasteiger partial charge on any atom is -0.345 e. The van der Waals surface area contributed by atoms with Crippen molar-refractivity contribution in [1.29, 1.82) is 0 Å². The van der Waals surface area contributed by atoms with Gasteiger partial charge in [0.15, 0.2) is 0 Å². The number of hydrogen-bond donors (Lipinski definition) is 1.